The summed E-state index contributed by atoms with van der Waals surface area (Å²) in [6.07, 6.45) is 1.48. The predicted molar refractivity (Wildman–Crippen MR) is 159 cm³/mol. The van der Waals surface area contributed by atoms with Gasteiger partial charge in [0.15, 0.2) is 5.82 Å². The summed E-state index contributed by atoms with van der Waals surface area (Å²) in [5.41, 5.74) is 1.17. The minimum atomic E-state index is -3.94. The summed E-state index contributed by atoms with van der Waals surface area (Å²) in [6, 6.07) is 13.3. The summed E-state index contributed by atoms with van der Waals surface area (Å²) >= 11 is 18.5. The summed E-state index contributed by atoms with van der Waals surface area (Å²) in [4.78, 5) is 30.8. The number of rotatable bonds is 9. The number of pyridine rings is 1. The number of carbonyl (C=O) groups is 2. The van der Waals surface area contributed by atoms with E-state index in [0.29, 0.717) is 10.6 Å². The number of anilines is 1. The molecule has 0 aliphatic heterocycles. The van der Waals surface area contributed by atoms with Crippen molar-refractivity contribution in [2.24, 2.45) is 0 Å². The Kier molecular flexibility index (Phi) is 9.35. The van der Waals surface area contributed by atoms with Crippen LogP contribution >= 0.6 is 34.8 Å². The van der Waals surface area contributed by atoms with Gasteiger partial charge in [-0.05, 0) is 74.9 Å². The number of aryl methyl sites for hydroxylation is 1. The van der Waals surface area contributed by atoms with Crippen molar-refractivity contribution in [1.82, 2.24) is 24.8 Å². The summed E-state index contributed by atoms with van der Waals surface area (Å²) in [7, 11) is -3.94. The second-order valence-corrected chi connectivity index (χ2v) is 12.3. The molecule has 10 nitrogen and oxygen atoms in total. The van der Waals surface area contributed by atoms with E-state index < -0.39 is 21.8 Å². The fourth-order valence-electron chi connectivity index (χ4n) is 3.87. The molecule has 41 heavy (non-hydrogen) atoms. The van der Waals surface area contributed by atoms with Gasteiger partial charge in [0.2, 0.25) is 10.0 Å². The van der Waals surface area contributed by atoms with Crippen molar-refractivity contribution in [3.8, 4) is 5.82 Å². The van der Waals surface area contributed by atoms with E-state index in [2.05, 4.69) is 25.4 Å². The highest BCUT2D eigenvalue weighted by Crippen LogP contribution is 2.27. The molecular weight excluding hydrogens is 611 g/mol. The molecule has 2 heterocycles. The molecule has 0 aliphatic rings. The lowest BCUT2D eigenvalue weighted by Crippen LogP contribution is -2.31. The molecule has 0 saturated heterocycles. The van der Waals surface area contributed by atoms with Crippen molar-refractivity contribution in [3.63, 3.8) is 0 Å². The molecule has 0 unspecified atom stereocenters. The standard InChI is InChI=1S/C27H25Cl3N6O4S/c1-15(2)33-26(37)21-12-18(29)10-16(3)24(21)34-27(38)23-13-19(35-36(23)25-22(30)8-5-9-31-25)14-32-41(39,40)20-7-4-6-17(28)11-20/h4-13,15,32H,14H2,1-3H3,(H,33,37)(H,34,38). The number of amides is 2. The molecule has 2 aromatic heterocycles. The number of aromatic nitrogens is 3. The Bertz CT molecular complexity index is 1740. The number of hydrogen-bond donors (Lipinski definition) is 3. The largest absolute Gasteiger partial charge is 0.350 e. The molecule has 3 N–H and O–H groups in total. The molecule has 4 aromatic rings. The summed E-state index contributed by atoms with van der Waals surface area (Å²) in [5, 5.41) is 10.8. The fourth-order valence-corrected chi connectivity index (χ4v) is 5.64. The maximum atomic E-state index is 13.7. The number of benzene rings is 2. The van der Waals surface area contributed by atoms with E-state index in [1.165, 1.54) is 41.2 Å². The van der Waals surface area contributed by atoms with E-state index >= 15 is 0 Å². The van der Waals surface area contributed by atoms with Crippen LogP contribution in [0.4, 0.5) is 5.69 Å². The second-order valence-electron chi connectivity index (χ2n) is 9.25. The van der Waals surface area contributed by atoms with Crippen LogP contribution in [0.3, 0.4) is 0 Å². The summed E-state index contributed by atoms with van der Waals surface area (Å²) in [6.45, 7) is 5.07. The zero-order valence-electron chi connectivity index (χ0n) is 22.1. The lowest BCUT2D eigenvalue weighted by molar-refractivity contribution is 0.0944. The average molecular weight is 636 g/mol. The van der Waals surface area contributed by atoms with Gasteiger partial charge in [0.05, 0.1) is 33.4 Å². The molecule has 0 fully saturated rings. The Morgan fingerprint density at radius 2 is 1.73 bits per heavy atom. The van der Waals surface area contributed by atoms with E-state index in [0.717, 1.165) is 0 Å². The number of carbonyl (C=O) groups excluding carboxylic acids is 2. The number of nitrogens with one attached hydrogen (secondary N) is 3. The van der Waals surface area contributed by atoms with Crippen LogP contribution in [-0.4, -0.2) is 41.0 Å². The number of nitrogens with zero attached hydrogens (tertiary/aromatic N) is 3. The highest BCUT2D eigenvalue weighted by atomic mass is 35.5. The van der Waals surface area contributed by atoms with Gasteiger partial charge in [-0.15, -0.1) is 0 Å². The average Bonchev–Trinajstić information content (AvgIpc) is 3.33. The first-order valence-corrected chi connectivity index (χ1v) is 14.8. The topological polar surface area (TPSA) is 135 Å². The molecule has 0 spiro atoms. The lowest BCUT2D eigenvalue weighted by Gasteiger charge is -2.16. The normalized spacial score (nSPS) is 11.5. The third-order valence-corrected chi connectivity index (χ3v) is 7.83. The minimum Gasteiger partial charge on any atom is -0.350 e. The van der Waals surface area contributed by atoms with E-state index in [-0.39, 0.29) is 56.0 Å². The van der Waals surface area contributed by atoms with E-state index in [1.807, 2.05) is 13.8 Å². The molecule has 0 radical (unpaired) electrons. The van der Waals surface area contributed by atoms with Crippen LogP contribution in [0.1, 0.15) is 46.0 Å². The van der Waals surface area contributed by atoms with Crippen molar-refractivity contribution < 1.29 is 18.0 Å². The number of halogens is 3. The first kappa shape index (κ1) is 30.5. The van der Waals surface area contributed by atoms with Gasteiger partial charge in [-0.1, -0.05) is 40.9 Å². The SMILES string of the molecule is Cc1cc(Cl)cc(C(=O)NC(C)C)c1NC(=O)c1cc(CNS(=O)(=O)c2cccc(Cl)c2)nn1-c1ncccc1Cl. The maximum Gasteiger partial charge on any atom is 0.274 e. The van der Waals surface area contributed by atoms with Crippen molar-refractivity contribution >= 4 is 62.3 Å². The van der Waals surface area contributed by atoms with E-state index in [9.17, 15) is 18.0 Å². The molecule has 0 bridgehead atoms. The number of sulfonamides is 1. The van der Waals surface area contributed by atoms with Crippen LogP contribution < -0.4 is 15.4 Å². The van der Waals surface area contributed by atoms with Gasteiger partial charge < -0.3 is 10.6 Å². The van der Waals surface area contributed by atoms with Crippen LogP contribution in [0.25, 0.3) is 5.82 Å². The van der Waals surface area contributed by atoms with Gasteiger partial charge in [-0.2, -0.15) is 5.10 Å². The minimum absolute atomic E-state index is 0.00730. The Morgan fingerprint density at radius 3 is 2.41 bits per heavy atom. The van der Waals surface area contributed by atoms with Crippen molar-refractivity contribution in [2.45, 2.75) is 38.3 Å². The second kappa shape index (κ2) is 12.6. The van der Waals surface area contributed by atoms with Crippen molar-refractivity contribution in [1.29, 1.82) is 0 Å². The van der Waals surface area contributed by atoms with Gasteiger partial charge in [-0.3, -0.25) is 9.59 Å². The van der Waals surface area contributed by atoms with Gasteiger partial charge in [0, 0.05) is 22.3 Å². The molecule has 0 aliphatic carbocycles. The molecule has 214 valence electrons. The van der Waals surface area contributed by atoms with Gasteiger partial charge in [0.1, 0.15) is 5.69 Å². The first-order valence-electron chi connectivity index (χ1n) is 12.2. The molecule has 0 atom stereocenters. The van der Waals surface area contributed by atoms with Crippen LogP contribution in [0.5, 0.6) is 0 Å². The summed E-state index contributed by atoms with van der Waals surface area (Å²) < 4.78 is 29.3. The van der Waals surface area contributed by atoms with E-state index in [1.54, 1.807) is 31.2 Å². The molecule has 4 rings (SSSR count). The van der Waals surface area contributed by atoms with Crippen LogP contribution in [0, 0.1) is 6.92 Å². The maximum absolute atomic E-state index is 13.7. The van der Waals surface area contributed by atoms with Gasteiger partial charge in [-0.25, -0.2) is 22.8 Å². The molecule has 2 aromatic carbocycles. The number of hydrogen-bond acceptors (Lipinski definition) is 6. The Morgan fingerprint density at radius 1 is 0.976 bits per heavy atom. The first-order chi connectivity index (χ1) is 19.4. The molecule has 2 amide bonds. The smallest absolute Gasteiger partial charge is 0.274 e. The van der Waals surface area contributed by atoms with E-state index in [4.69, 9.17) is 34.8 Å². The molecule has 14 heteroatoms. The Balaban J connectivity index is 1.71. The van der Waals surface area contributed by atoms with Gasteiger partial charge >= 0.3 is 0 Å². The quantitative estimate of drug-likeness (QED) is 0.225. The van der Waals surface area contributed by atoms with Crippen LogP contribution in [0.15, 0.2) is 65.7 Å². The molecule has 0 saturated carbocycles. The Hall–Kier alpha value is -3.48. The van der Waals surface area contributed by atoms with Gasteiger partial charge in [0.25, 0.3) is 11.8 Å². The highest BCUT2D eigenvalue weighted by molar-refractivity contribution is 7.89. The summed E-state index contributed by atoms with van der Waals surface area (Å²) in [5.74, 6) is -0.917. The fraction of sp³-hybridized carbons (Fsp3) is 0.185. The monoisotopic (exact) mass is 634 g/mol. The Labute approximate surface area is 252 Å². The zero-order chi connectivity index (χ0) is 29.9. The predicted octanol–water partition coefficient (Wildman–Crippen LogP) is 5.40. The third kappa shape index (κ3) is 7.24. The lowest BCUT2D eigenvalue weighted by atomic mass is 10.1. The molecular formula is C27H25Cl3N6O4S. The van der Waals surface area contributed by atoms with Crippen molar-refractivity contribution in [2.75, 3.05) is 5.32 Å². The van der Waals surface area contributed by atoms with Crippen LogP contribution in [0.2, 0.25) is 15.1 Å². The zero-order valence-corrected chi connectivity index (χ0v) is 25.2. The third-order valence-electron chi connectivity index (χ3n) is 5.69. The van der Waals surface area contributed by atoms with Crippen LogP contribution in [-0.2, 0) is 16.6 Å². The highest BCUT2D eigenvalue weighted by Gasteiger charge is 2.24. The van der Waals surface area contributed by atoms with Crippen molar-refractivity contribution in [3.05, 3.63) is 98.4 Å².